The van der Waals surface area contributed by atoms with Gasteiger partial charge in [0.25, 0.3) is 0 Å². The van der Waals surface area contributed by atoms with Gasteiger partial charge >= 0.3 is 5.97 Å². The molecule has 1 aromatic heterocycles. The van der Waals surface area contributed by atoms with E-state index in [0.717, 1.165) is 10.2 Å². The minimum absolute atomic E-state index is 0.224. The monoisotopic (exact) mass is 342 g/mol. The quantitative estimate of drug-likeness (QED) is 0.829. The Balaban J connectivity index is 1.53. The number of aromatic nitrogens is 1. The largest absolute Gasteiger partial charge is 0.481 e. The van der Waals surface area contributed by atoms with Gasteiger partial charge in [-0.25, -0.2) is 4.98 Å². The van der Waals surface area contributed by atoms with Gasteiger partial charge in [0, 0.05) is 11.6 Å². The van der Waals surface area contributed by atoms with Crippen molar-refractivity contribution in [2.75, 3.05) is 5.32 Å². The maximum atomic E-state index is 12.5. The van der Waals surface area contributed by atoms with Crippen LogP contribution in [0.3, 0.4) is 0 Å². The zero-order valence-electron chi connectivity index (χ0n) is 13.1. The lowest BCUT2D eigenvalue weighted by Gasteiger charge is -2.24. The third kappa shape index (κ3) is 2.94. The number of hydrogen-bond acceptors (Lipinski definition) is 4. The molecule has 1 aromatic carbocycles. The molecular weight excluding hydrogens is 324 g/mol. The number of benzene rings is 1. The number of carbonyl (C=O) groups is 2. The molecule has 5 nitrogen and oxygen atoms in total. The molecule has 2 N–H and O–H groups in total. The van der Waals surface area contributed by atoms with E-state index in [9.17, 15) is 14.7 Å². The molecule has 2 aliphatic rings. The van der Waals surface area contributed by atoms with E-state index in [1.165, 1.54) is 17.8 Å². The summed E-state index contributed by atoms with van der Waals surface area (Å²) < 4.78 is 1.06. The number of carboxylic acid groups (broad SMARTS) is 1. The predicted molar refractivity (Wildman–Crippen MR) is 93.2 cm³/mol. The number of allylic oxidation sites excluding steroid dienone is 2. The number of amides is 1. The number of fused-ring (bicyclic) bond motifs is 1. The Hall–Kier alpha value is -2.21. The maximum absolute atomic E-state index is 12.5. The number of carboxylic acids is 1. The fourth-order valence-corrected chi connectivity index (χ4v) is 4.31. The molecular formula is C18H18N2O3S. The lowest BCUT2D eigenvalue weighted by Crippen LogP contribution is -2.34. The first kappa shape index (κ1) is 15.3. The van der Waals surface area contributed by atoms with Gasteiger partial charge in [0.1, 0.15) is 0 Å². The molecule has 0 aliphatic heterocycles. The molecule has 0 spiro atoms. The van der Waals surface area contributed by atoms with Crippen LogP contribution in [-0.2, 0) is 9.59 Å². The molecule has 0 bridgehead atoms. The molecule has 24 heavy (non-hydrogen) atoms. The minimum atomic E-state index is -0.911. The van der Waals surface area contributed by atoms with Gasteiger partial charge in [-0.1, -0.05) is 12.2 Å². The molecule has 1 fully saturated rings. The number of nitrogens with zero attached hydrogens (tertiary/aromatic N) is 1. The first-order valence-corrected chi connectivity index (χ1v) is 9.02. The third-order valence-electron chi connectivity index (χ3n) is 4.69. The first-order valence-electron chi connectivity index (χ1n) is 8.21. The van der Waals surface area contributed by atoms with Gasteiger partial charge in [-0.05, 0) is 43.9 Å². The average Bonchev–Trinajstić information content (AvgIpc) is 3.34. The number of nitrogens with one attached hydrogen (secondary N) is 1. The van der Waals surface area contributed by atoms with E-state index in [4.69, 9.17) is 0 Å². The van der Waals surface area contributed by atoms with Crippen LogP contribution >= 0.6 is 11.3 Å². The summed E-state index contributed by atoms with van der Waals surface area (Å²) in [5.74, 6) is -1.69. The molecule has 124 valence electrons. The van der Waals surface area contributed by atoms with Crippen LogP contribution in [0.25, 0.3) is 10.2 Å². The van der Waals surface area contributed by atoms with E-state index in [1.807, 2.05) is 30.4 Å². The molecule has 0 radical (unpaired) electrons. The number of carbonyl (C=O) groups excluding carboxylic acids is 1. The van der Waals surface area contributed by atoms with E-state index in [0.29, 0.717) is 24.4 Å². The van der Waals surface area contributed by atoms with Crippen LogP contribution in [0.15, 0.2) is 30.4 Å². The molecule has 2 atom stereocenters. The standard InChI is InChI=1S/C18H18N2O3S/c21-16(12-3-1-2-4-13(12)18(22)23)19-11-7-8-14-15(9-11)24-17(20-14)10-5-6-10/h1-2,7-10,12-13H,3-6H2,(H,19,21)(H,22,23)/t12-,13+/m0/s1. The van der Waals surface area contributed by atoms with E-state index in [-0.39, 0.29) is 5.91 Å². The number of hydrogen-bond donors (Lipinski definition) is 2. The number of anilines is 1. The molecule has 4 rings (SSSR count). The van der Waals surface area contributed by atoms with Crippen molar-refractivity contribution >= 4 is 39.1 Å². The Morgan fingerprint density at radius 2 is 1.92 bits per heavy atom. The zero-order chi connectivity index (χ0) is 16.7. The fraction of sp³-hybridized carbons (Fsp3) is 0.389. The Morgan fingerprint density at radius 3 is 2.62 bits per heavy atom. The summed E-state index contributed by atoms with van der Waals surface area (Å²) in [6.45, 7) is 0. The Labute approximate surface area is 143 Å². The molecule has 0 unspecified atom stereocenters. The second-order valence-corrected chi connectivity index (χ2v) is 7.55. The Morgan fingerprint density at radius 1 is 1.17 bits per heavy atom. The van der Waals surface area contributed by atoms with Crippen molar-refractivity contribution in [3.63, 3.8) is 0 Å². The van der Waals surface area contributed by atoms with Crippen LogP contribution in [0.5, 0.6) is 0 Å². The van der Waals surface area contributed by atoms with Crippen LogP contribution in [0, 0.1) is 11.8 Å². The molecule has 1 saturated carbocycles. The summed E-state index contributed by atoms with van der Waals surface area (Å²) in [5, 5.41) is 13.4. The predicted octanol–water partition coefficient (Wildman–Crippen LogP) is 3.78. The van der Waals surface area contributed by atoms with Crippen LogP contribution in [0.1, 0.15) is 36.6 Å². The van der Waals surface area contributed by atoms with Gasteiger partial charge in [0.15, 0.2) is 0 Å². The summed E-state index contributed by atoms with van der Waals surface area (Å²) in [6, 6.07) is 5.69. The Kier molecular flexibility index (Phi) is 3.84. The van der Waals surface area contributed by atoms with E-state index >= 15 is 0 Å². The van der Waals surface area contributed by atoms with Gasteiger partial charge in [-0.2, -0.15) is 0 Å². The lowest BCUT2D eigenvalue weighted by atomic mass is 9.82. The van der Waals surface area contributed by atoms with Crippen LogP contribution in [-0.4, -0.2) is 22.0 Å². The van der Waals surface area contributed by atoms with Crippen molar-refractivity contribution in [3.05, 3.63) is 35.4 Å². The summed E-state index contributed by atoms with van der Waals surface area (Å²) in [4.78, 5) is 28.5. The third-order valence-corrected chi connectivity index (χ3v) is 5.87. The molecule has 2 aromatic rings. The van der Waals surface area contributed by atoms with E-state index < -0.39 is 17.8 Å². The fourth-order valence-electron chi connectivity index (χ4n) is 3.14. The average molecular weight is 342 g/mol. The molecule has 6 heteroatoms. The maximum Gasteiger partial charge on any atom is 0.307 e. The topological polar surface area (TPSA) is 79.3 Å². The van der Waals surface area contributed by atoms with Crippen molar-refractivity contribution in [1.29, 1.82) is 0 Å². The van der Waals surface area contributed by atoms with Crippen LogP contribution in [0.2, 0.25) is 0 Å². The van der Waals surface area contributed by atoms with E-state index in [2.05, 4.69) is 10.3 Å². The van der Waals surface area contributed by atoms with Crippen molar-refractivity contribution in [1.82, 2.24) is 4.98 Å². The molecule has 2 aliphatic carbocycles. The highest BCUT2D eigenvalue weighted by atomic mass is 32.1. The second kappa shape index (κ2) is 6.02. The van der Waals surface area contributed by atoms with Gasteiger partial charge < -0.3 is 10.4 Å². The van der Waals surface area contributed by atoms with Gasteiger partial charge in [0.2, 0.25) is 5.91 Å². The molecule has 1 heterocycles. The van der Waals surface area contributed by atoms with Gasteiger partial charge in [-0.3, -0.25) is 9.59 Å². The van der Waals surface area contributed by atoms with Crippen molar-refractivity contribution in [3.8, 4) is 0 Å². The smallest absolute Gasteiger partial charge is 0.307 e. The SMILES string of the molecule is O=C(Nc1ccc2nc(C3CC3)sc2c1)[C@H]1CC=CC[C@H]1C(=O)O. The van der Waals surface area contributed by atoms with Gasteiger partial charge in [-0.15, -0.1) is 11.3 Å². The first-order chi connectivity index (χ1) is 11.6. The minimum Gasteiger partial charge on any atom is -0.481 e. The summed E-state index contributed by atoms with van der Waals surface area (Å²) in [6.07, 6.45) is 7.04. The van der Waals surface area contributed by atoms with E-state index in [1.54, 1.807) is 11.3 Å². The van der Waals surface area contributed by atoms with Crippen molar-refractivity contribution < 1.29 is 14.7 Å². The molecule has 0 saturated heterocycles. The van der Waals surface area contributed by atoms with Crippen molar-refractivity contribution in [2.45, 2.75) is 31.6 Å². The highest BCUT2D eigenvalue weighted by Crippen LogP contribution is 2.43. The van der Waals surface area contributed by atoms with Crippen LogP contribution < -0.4 is 5.32 Å². The normalized spacial score (nSPS) is 23.3. The lowest BCUT2D eigenvalue weighted by molar-refractivity contribution is -0.146. The van der Waals surface area contributed by atoms with Crippen molar-refractivity contribution in [2.24, 2.45) is 11.8 Å². The van der Waals surface area contributed by atoms with Gasteiger partial charge in [0.05, 0.1) is 27.1 Å². The number of rotatable bonds is 4. The Bertz CT molecular complexity index is 838. The highest BCUT2D eigenvalue weighted by molar-refractivity contribution is 7.18. The highest BCUT2D eigenvalue weighted by Gasteiger charge is 2.34. The molecule has 1 amide bonds. The summed E-state index contributed by atoms with van der Waals surface area (Å²) in [5.41, 5.74) is 1.67. The summed E-state index contributed by atoms with van der Waals surface area (Å²) in [7, 11) is 0. The zero-order valence-corrected chi connectivity index (χ0v) is 13.9. The number of thiazole rings is 1. The number of aliphatic carboxylic acids is 1. The second-order valence-electron chi connectivity index (χ2n) is 6.49. The summed E-state index contributed by atoms with van der Waals surface area (Å²) >= 11 is 1.68. The van der Waals surface area contributed by atoms with Crippen LogP contribution in [0.4, 0.5) is 5.69 Å².